The monoisotopic (exact) mass is 333 g/mol. The van der Waals surface area contributed by atoms with Crippen molar-refractivity contribution in [2.45, 2.75) is 25.7 Å². The van der Waals surface area contributed by atoms with E-state index < -0.39 is 22.3 Å². The average molecular weight is 334 g/mol. The third-order valence-electron chi connectivity index (χ3n) is 3.47. The predicted molar refractivity (Wildman–Crippen MR) is 71.8 cm³/mol. The van der Waals surface area contributed by atoms with Gasteiger partial charge in [0, 0.05) is 23.9 Å². The second-order valence-electron chi connectivity index (χ2n) is 4.94. The highest BCUT2D eigenvalue weighted by atomic mass is 35.5. The summed E-state index contributed by atoms with van der Waals surface area (Å²) in [6, 6.07) is 0.628. The zero-order chi connectivity index (χ0) is 15.9. The number of nitrogens with one attached hydrogen (secondary N) is 1. The van der Waals surface area contributed by atoms with Gasteiger partial charge in [-0.05, 0) is 6.07 Å². The van der Waals surface area contributed by atoms with Gasteiger partial charge in [-0.25, -0.2) is 0 Å². The maximum atomic E-state index is 12.8. The van der Waals surface area contributed by atoms with E-state index in [1.807, 2.05) is 0 Å². The van der Waals surface area contributed by atoms with Crippen LogP contribution in [0, 0.1) is 0 Å². The van der Waals surface area contributed by atoms with Crippen molar-refractivity contribution in [3.63, 3.8) is 0 Å². The van der Waals surface area contributed by atoms with E-state index in [0.29, 0.717) is 31.4 Å². The van der Waals surface area contributed by atoms with Crippen LogP contribution in [0.1, 0.15) is 22.5 Å². The first-order valence-electron chi connectivity index (χ1n) is 6.46. The molecule has 0 unspecified atom stereocenters. The maximum Gasteiger partial charge on any atom is 0.417 e. The summed E-state index contributed by atoms with van der Waals surface area (Å²) < 4.78 is 44.7. The fourth-order valence-electron chi connectivity index (χ4n) is 2.33. The lowest BCUT2D eigenvalue weighted by atomic mass is 10.1. The molecule has 0 radical (unpaired) electrons. The molecular weight excluding hydrogens is 323 g/mol. The Kier molecular flexibility index (Phi) is 3.73. The molecule has 0 saturated heterocycles. The Morgan fingerprint density at radius 3 is 2.95 bits per heavy atom. The van der Waals surface area contributed by atoms with Crippen molar-refractivity contribution < 1.29 is 17.9 Å². The zero-order valence-corrected chi connectivity index (χ0v) is 12.0. The van der Waals surface area contributed by atoms with Crippen LogP contribution in [0.3, 0.4) is 0 Å². The van der Waals surface area contributed by atoms with Crippen molar-refractivity contribution in [1.29, 1.82) is 0 Å². The molecule has 0 bridgehead atoms. The molecule has 1 N–H and O–H groups in total. The number of pyridine rings is 1. The normalized spacial score (nSPS) is 14.9. The number of nitrogens with zero attached hydrogens (tertiary/aromatic N) is 2. The van der Waals surface area contributed by atoms with E-state index in [1.54, 1.807) is 0 Å². The van der Waals surface area contributed by atoms with Gasteiger partial charge in [-0.1, -0.05) is 11.6 Å². The fraction of sp³-hybridized carbons (Fsp3) is 0.385. The third-order valence-corrected chi connectivity index (χ3v) is 3.74. The van der Waals surface area contributed by atoms with E-state index in [9.17, 15) is 18.0 Å². The third kappa shape index (κ3) is 2.76. The number of rotatable bonds is 2. The standard InChI is InChI=1S/C13H11ClF3N3O2/c14-9-3-7(13(15,16)17)4-20(12(9)21)5-11-8-6-22-2-1-10(8)18-19-11/h3-4H,1-2,5-6H2,(H,18,19). The quantitative estimate of drug-likeness (QED) is 0.918. The number of H-pyrrole nitrogens is 1. The van der Waals surface area contributed by atoms with Crippen LogP contribution in [0.25, 0.3) is 0 Å². The average Bonchev–Trinajstić information content (AvgIpc) is 2.86. The first-order chi connectivity index (χ1) is 10.4. The van der Waals surface area contributed by atoms with Crippen molar-refractivity contribution in [3.8, 4) is 0 Å². The van der Waals surface area contributed by atoms with E-state index in [2.05, 4.69) is 10.2 Å². The van der Waals surface area contributed by atoms with E-state index in [1.165, 1.54) is 0 Å². The molecule has 3 heterocycles. The molecule has 3 rings (SSSR count). The van der Waals surface area contributed by atoms with Gasteiger partial charge in [-0.15, -0.1) is 0 Å². The van der Waals surface area contributed by atoms with Gasteiger partial charge in [-0.2, -0.15) is 18.3 Å². The van der Waals surface area contributed by atoms with Gasteiger partial charge in [0.2, 0.25) is 0 Å². The summed E-state index contributed by atoms with van der Waals surface area (Å²) in [7, 11) is 0. The Hall–Kier alpha value is -1.80. The first kappa shape index (κ1) is 15.1. The molecule has 0 spiro atoms. The highest BCUT2D eigenvalue weighted by molar-refractivity contribution is 6.30. The zero-order valence-electron chi connectivity index (χ0n) is 11.2. The molecule has 0 fully saturated rings. The highest BCUT2D eigenvalue weighted by Crippen LogP contribution is 2.30. The van der Waals surface area contributed by atoms with Gasteiger partial charge >= 0.3 is 6.18 Å². The number of alkyl halides is 3. The molecule has 1 aliphatic heterocycles. The lowest BCUT2D eigenvalue weighted by Crippen LogP contribution is -2.24. The number of halogens is 4. The number of aromatic amines is 1. The molecule has 0 saturated carbocycles. The predicted octanol–water partition coefficient (Wildman–Crippen LogP) is 2.36. The number of hydrogen-bond donors (Lipinski definition) is 1. The molecule has 0 atom stereocenters. The van der Waals surface area contributed by atoms with E-state index >= 15 is 0 Å². The summed E-state index contributed by atoms with van der Waals surface area (Å²) in [5.74, 6) is 0. The number of aromatic nitrogens is 3. The second-order valence-corrected chi connectivity index (χ2v) is 5.34. The minimum Gasteiger partial charge on any atom is -0.376 e. The molecule has 22 heavy (non-hydrogen) atoms. The summed E-state index contributed by atoms with van der Waals surface area (Å²) in [5, 5.41) is 6.42. The van der Waals surface area contributed by atoms with Crippen molar-refractivity contribution in [3.05, 3.63) is 50.2 Å². The molecule has 2 aromatic rings. The van der Waals surface area contributed by atoms with Crippen LogP contribution >= 0.6 is 11.6 Å². The molecule has 2 aromatic heterocycles. The molecule has 5 nitrogen and oxygen atoms in total. The number of fused-ring (bicyclic) bond motifs is 1. The molecule has 1 aliphatic rings. The largest absolute Gasteiger partial charge is 0.417 e. The summed E-state index contributed by atoms with van der Waals surface area (Å²) in [6.45, 7) is 0.782. The maximum absolute atomic E-state index is 12.8. The van der Waals surface area contributed by atoms with Crippen LogP contribution in [0.15, 0.2) is 17.1 Å². The van der Waals surface area contributed by atoms with Crippen LogP contribution < -0.4 is 5.56 Å². The van der Waals surface area contributed by atoms with Gasteiger partial charge in [0.25, 0.3) is 5.56 Å². The Morgan fingerprint density at radius 2 is 2.23 bits per heavy atom. The highest BCUT2D eigenvalue weighted by Gasteiger charge is 2.32. The van der Waals surface area contributed by atoms with Crippen LogP contribution in [-0.2, 0) is 30.5 Å². The van der Waals surface area contributed by atoms with Gasteiger partial charge < -0.3 is 9.30 Å². The fourth-order valence-corrected chi connectivity index (χ4v) is 2.56. The smallest absolute Gasteiger partial charge is 0.376 e. The topological polar surface area (TPSA) is 59.9 Å². The first-order valence-corrected chi connectivity index (χ1v) is 6.84. The van der Waals surface area contributed by atoms with Crippen LogP contribution in [0.4, 0.5) is 13.2 Å². The summed E-state index contributed by atoms with van der Waals surface area (Å²) in [4.78, 5) is 11.9. The van der Waals surface area contributed by atoms with Gasteiger partial charge in [0.1, 0.15) is 5.02 Å². The Bertz CT molecular complexity index is 767. The van der Waals surface area contributed by atoms with Crippen molar-refractivity contribution >= 4 is 11.6 Å². The SMILES string of the molecule is O=c1c(Cl)cc(C(F)(F)F)cn1Cc1n[nH]c2c1COCC2. The molecule has 0 aromatic carbocycles. The minimum atomic E-state index is -4.58. The van der Waals surface area contributed by atoms with Crippen LogP contribution in [-0.4, -0.2) is 21.4 Å². The van der Waals surface area contributed by atoms with Crippen molar-refractivity contribution in [2.24, 2.45) is 0 Å². The van der Waals surface area contributed by atoms with Gasteiger partial charge in [-0.3, -0.25) is 9.89 Å². The Labute approximate surface area is 127 Å². The van der Waals surface area contributed by atoms with Gasteiger partial charge in [0.15, 0.2) is 0 Å². The summed E-state index contributed by atoms with van der Waals surface area (Å²) in [5.41, 5.74) is 0.479. The molecule has 9 heteroatoms. The molecule has 0 aliphatic carbocycles. The summed E-state index contributed by atoms with van der Waals surface area (Å²) >= 11 is 5.62. The lowest BCUT2D eigenvalue weighted by molar-refractivity contribution is -0.138. The van der Waals surface area contributed by atoms with Crippen molar-refractivity contribution in [2.75, 3.05) is 6.61 Å². The molecular formula is C13H11ClF3N3O2. The number of ether oxygens (including phenoxy) is 1. The summed E-state index contributed by atoms with van der Waals surface area (Å²) in [6.07, 6.45) is -3.17. The number of hydrogen-bond acceptors (Lipinski definition) is 3. The van der Waals surface area contributed by atoms with E-state index in [-0.39, 0.29) is 6.54 Å². The lowest BCUT2D eigenvalue weighted by Gasteiger charge is -2.14. The van der Waals surface area contributed by atoms with Crippen LogP contribution in [0.5, 0.6) is 0 Å². The minimum absolute atomic E-state index is 0.0995. The Morgan fingerprint density at radius 1 is 1.45 bits per heavy atom. The van der Waals surface area contributed by atoms with E-state index in [0.717, 1.165) is 22.0 Å². The van der Waals surface area contributed by atoms with E-state index in [4.69, 9.17) is 16.3 Å². The second kappa shape index (κ2) is 5.44. The molecule has 118 valence electrons. The van der Waals surface area contributed by atoms with Crippen molar-refractivity contribution in [1.82, 2.24) is 14.8 Å². The Balaban J connectivity index is 2.00. The van der Waals surface area contributed by atoms with Crippen LogP contribution in [0.2, 0.25) is 5.02 Å². The van der Waals surface area contributed by atoms with Gasteiger partial charge in [0.05, 0.1) is 31.0 Å². The molecule has 0 amide bonds.